The molecule has 0 unspecified atom stereocenters. The SMILES string of the molecule is CC(C)(C)C(=O)Cl.CC(C)(C)C(=O)NCCS.CCN(CC)CC.[Cl-].[NH3+]CCS. The van der Waals surface area contributed by atoms with Gasteiger partial charge in [-0.15, -0.1) is 0 Å². The highest BCUT2D eigenvalue weighted by Crippen LogP contribution is 2.15. The van der Waals surface area contributed by atoms with Crippen LogP contribution in [-0.4, -0.2) is 60.3 Å². The van der Waals surface area contributed by atoms with Crippen LogP contribution in [0.3, 0.4) is 0 Å². The van der Waals surface area contributed by atoms with Gasteiger partial charge in [0.05, 0.1) is 6.54 Å². The zero-order chi connectivity index (χ0) is 23.4. The second kappa shape index (κ2) is 24.6. The zero-order valence-corrected chi connectivity index (χ0v) is 23.4. The lowest BCUT2D eigenvalue weighted by Crippen LogP contribution is -3.00. The van der Waals surface area contributed by atoms with Crippen molar-refractivity contribution in [2.45, 2.75) is 62.3 Å². The standard InChI is InChI=1S/C7H15NOS.C6H15N.C5H9ClO.C2H7NS.ClH/c1-7(2,3)6(9)8-4-5-10;1-4-7(5-2)6-3;1-5(2,3)4(6)7;3-1-2-4;/h10H,4-5H2,1-3H3,(H,8,9);4-6H2,1-3H3;1-3H3;4H,1-3H2;1H. The van der Waals surface area contributed by atoms with Gasteiger partial charge >= 0.3 is 0 Å². The lowest BCUT2D eigenvalue weighted by atomic mass is 9.96. The summed E-state index contributed by atoms with van der Waals surface area (Å²) in [5, 5.41) is 2.47. The molecule has 0 aliphatic heterocycles. The van der Waals surface area contributed by atoms with Gasteiger partial charge in [0.1, 0.15) is 0 Å². The predicted octanol–water partition coefficient (Wildman–Crippen LogP) is 0.387. The minimum absolute atomic E-state index is 0. The average molecular weight is 497 g/mol. The Hall–Kier alpha value is 0.340. The number of thiol groups is 2. The summed E-state index contributed by atoms with van der Waals surface area (Å²) in [6, 6.07) is 0. The molecule has 0 saturated heterocycles. The maximum absolute atomic E-state index is 11.1. The Kier molecular flexibility index (Phi) is 33.8. The van der Waals surface area contributed by atoms with Crippen LogP contribution >= 0.6 is 36.9 Å². The van der Waals surface area contributed by atoms with E-state index in [2.05, 4.69) is 62.0 Å². The second-order valence-corrected chi connectivity index (χ2v) is 9.19. The van der Waals surface area contributed by atoms with Crippen LogP contribution in [0.25, 0.3) is 0 Å². The lowest BCUT2D eigenvalue weighted by molar-refractivity contribution is -0.360. The number of halogens is 2. The molecule has 29 heavy (non-hydrogen) atoms. The molecule has 0 fully saturated rings. The van der Waals surface area contributed by atoms with Gasteiger partial charge in [0.25, 0.3) is 0 Å². The number of hydrogen-bond acceptors (Lipinski definition) is 5. The van der Waals surface area contributed by atoms with E-state index in [0.29, 0.717) is 12.3 Å². The van der Waals surface area contributed by atoms with E-state index in [-0.39, 0.29) is 34.4 Å². The zero-order valence-electron chi connectivity index (χ0n) is 20.1. The summed E-state index contributed by atoms with van der Waals surface area (Å²) in [5.41, 5.74) is 2.88. The van der Waals surface area contributed by atoms with Gasteiger partial charge < -0.3 is 28.4 Å². The van der Waals surface area contributed by atoms with E-state index in [1.807, 2.05) is 20.8 Å². The van der Waals surface area contributed by atoms with Crippen molar-refractivity contribution < 1.29 is 27.7 Å². The van der Waals surface area contributed by atoms with Gasteiger partial charge in [-0.3, -0.25) is 9.59 Å². The van der Waals surface area contributed by atoms with E-state index < -0.39 is 0 Å². The van der Waals surface area contributed by atoms with Crippen LogP contribution in [-0.2, 0) is 9.59 Å². The van der Waals surface area contributed by atoms with Gasteiger partial charge in [-0.2, -0.15) is 25.3 Å². The molecule has 0 spiro atoms. The molecule has 180 valence electrons. The fourth-order valence-corrected chi connectivity index (χ4v) is 1.22. The van der Waals surface area contributed by atoms with E-state index in [1.54, 1.807) is 20.8 Å². The van der Waals surface area contributed by atoms with Gasteiger partial charge in [-0.05, 0) is 31.2 Å². The summed E-state index contributed by atoms with van der Waals surface area (Å²) in [7, 11) is 0. The van der Waals surface area contributed by atoms with Crippen LogP contribution < -0.4 is 23.5 Å². The summed E-state index contributed by atoms with van der Waals surface area (Å²) in [4.78, 5) is 23.7. The van der Waals surface area contributed by atoms with Crippen LogP contribution in [0.2, 0.25) is 0 Å². The minimum Gasteiger partial charge on any atom is -1.00 e. The Labute approximate surface area is 202 Å². The molecule has 0 saturated carbocycles. The molecule has 4 N–H and O–H groups in total. The van der Waals surface area contributed by atoms with Gasteiger partial charge in [-0.1, -0.05) is 62.3 Å². The first-order valence-electron chi connectivity index (χ1n) is 9.90. The monoisotopic (exact) mass is 495 g/mol. The molecule has 1 amide bonds. The van der Waals surface area contributed by atoms with E-state index in [4.69, 9.17) is 11.6 Å². The molecule has 0 bridgehead atoms. The molecular weight excluding hydrogens is 449 g/mol. The van der Waals surface area contributed by atoms with Crippen molar-refractivity contribution in [2.75, 3.05) is 44.2 Å². The van der Waals surface area contributed by atoms with Crippen molar-refractivity contribution in [3.8, 4) is 0 Å². The van der Waals surface area contributed by atoms with E-state index in [0.717, 1.165) is 12.3 Å². The summed E-state index contributed by atoms with van der Waals surface area (Å²) >= 11 is 12.9. The van der Waals surface area contributed by atoms with Crippen LogP contribution in [0.1, 0.15) is 62.3 Å². The topological polar surface area (TPSA) is 77.1 Å². The van der Waals surface area contributed by atoms with E-state index in [1.165, 1.54) is 19.6 Å². The molecule has 0 aromatic carbocycles. The van der Waals surface area contributed by atoms with Gasteiger partial charge in [0, 0.05) is 28.9 Å². The third-order valence-corrected chi connectivity index (χ3v) is 4.27. The second-order valence-electron chi connectivity index (χ2n) is 7.95. The Morgan fingerprint density at radius 1 is 0.897 bits per heavy atom. The molecule has 9 heteroatoms. The fourth-order valence-electron chi connectivity index (χ4n) is 1.11. The molecule has 0 radical (unpaired) electrons. The van der Waals surface area contributed by atoms with Crippen molar-refractivity contribution in [1.29, 1.82) is 0 Å². The van der Waals surface area contributed by atoms with Gasteiger partial charge in [0.2, 0.25) is 11.1 Å². The normalized spacial score (nSPS) is 10.1. The number of carbonyl (C=O) groups excluding carboxylic acids is 2. The van der Waals surface area contributed by atoms with Crippen LogP contribution in [0.15, 0.2) is 0 Å². The van der Waals surface area contributed by atoms with Crippen molar-refractivity contribution in [3.05, 3.63) is 0 Å². The number of amides is 1. The number of nitrogens with one attached hydrogen (secondary N) is 1. The van der Waals surface area contributed by atoms with E-state index >= 15 is 0 Å². The maximum Gasteiger partial charge on any atom is 0.226 e. The summed E-state index contributed by atoms with van der Waals surface area (Å²) in [5.74, 6) is 1.68. The molecule has 5 nitrogen and oxygen atoms in total. The van der Waals surface area contributed by atoms with Crippen molar-refractivity contribution >= 4 is 48.0 Å². The average Bonchev–Trinajstić information content (AvgIpc) is 2.60. The Morgan fingerprint density at radius 3 is 1.31 bits per heavy atom. The number of quaternary nitrogens is 1. The number of rotatable bonds is 6. The largest absolute Gasteiger partial charge is 1.00 e. The van der Waals surface area contributed by atoms with Gasteiger partial charge in [-0.25, -0.2) is 0 Å². The van der Waals surface area contributed by atoms with Crippen molar-refractivity contribution in [1.82, 2.24) is 10.2 Å². The van der Waals surface area contributed by atoms with Crippen molar-refractivity contribution in [3.63, 3.8) is 0 Å². The Balaban J connectivity index is -0.0000000911. The van der Waals surface area contributed by atoms with Crippen LogP contribution in [0.5, 0.6) is 0 Å². The summed E-state index contributed by atoms with van der Waals surface area (Å²) in [6.07, 6.45) is 0. The van der Waals surface area contributed by atoms with Crippen LogP contribution in [0, 0.1) is 10.8 Å². The minimum atomic E-state index is -0.373. The molecule has 0 aliphatic carbocycles. The quantitative estimate of drug-likeness (QED) is 0.317. The van der Waals surface area contributed by atoms with Crippen molar-refractivity contribution in [2.24, 2.45) is 10.8 Å². The molecular formula is C20H47Cl2N3O2S2. The number of carbonyl (C=O) groups is 2. The highest BCUT2D eigenvalue weighted by atomic mass is 35.5. The molecule has 0 aromatic heterocycles. The first-order chi connectivity index (χ1) is 12.7. The third kappa shape index (κ3) is 36.1. The summed E-state index contributed by atoms with van der Waals surface area (Å²) in [6.45, 7) is 22.7. The smallest absolute Gasteiger partial charge is 0.226 e. The Morgan fingerprint density at radius 2 is 1.21 bits per heavy atom. The number of hydrogen-bond donors (Lipinski definition) is 4. The van der Waals surface area contributed by atoms with Crippen LogP contribution in [0.4, 0.5) is 0 Å². The molecule has 0 aromatic rings. The highest BCUT2D eigenvalue weighted by Gasteiger charge is 2.19. The Bertz CT molecular complexity index is 364. The third-order valence-electron chi connectivity index (χ3n) is 3.17. The summed E-state index contributed by atoms with van der Waals surface area (Å²) < 4.78 is 0. The predicted molar refractivity (Wildman–Crippen MR) is 132 cm³/mol. The number of nitrogens with zero attached hydrogens (tertiary/aromatic N) is 1. The molecule has 0 rings (SSSR count). The maximum atomic E-state index is 11.1. The first kappa shape index (κ1) is 39.8. The van der Waals surface area contributed by atoms with E-state index in [9.17, 15) is 9.59 Å². The lowest BCUT2D eigenvalue weighted by Gasteiger charge is -2.16. The highest BCUT2D eigenvalue weighted by molar-refractivity contribution is 7.80. The first-order valence-corrected chi connectivity index (χ1v) is 11.5. The van der Waals surface area contributed by atoms with Gasteiger partial charge in [0.15, 0.2) is 0 Å². The molecule has 0 heterocycles. The molecule has 0 atom stereocenters. The molecule has 0 aliphatic rings. The fraction of sp³-hybridized carbons (Fsp3) is 0.900.